The van der Waals surface area contributed by atoms with Crippen LogP contribution >= 0.6 is 0 Å². The molecule has 6 aliphatic rings. The van der Waals surface area contributed by atoms with E-state index in [0.717, 1.165) is 52.1 Å². The molecule has 2 heterocycles. The number of aliphatic hydroxyl groups excluding tert-OH is 2. The van der Waals surface area contributed by atoms with Crippen LogP contribution in [0.15, 0.2) is 0 Å². The van der Waals surface area contributed by atoms with Crippen molar-refractivity contribution in [1.82, 2.24) is 25.8 Å². The number of aliphatic hydroxyl groups is 2. The molecule has 4 amide bonds. The number of fused-ring (bicyclic) bond motifs is 4. The van der Waals surface area contributed by atoms with E-state index in [0.29, 0.717) is 38.8 Å². The van der Waals surface area contributed by atoms with Crippen molar-refractivity contribution in [2.24, 2.45) is 47.3 Å². The van der Waals surface area contributed by atoms with E-state index >= 15 is 0 Å². The lowest BCUT2D eigenvalue weighted by Crippen LogP contribution is -2.53. The average molecular weight is 630 g/mol. The summed E-state index contributed by atoms with van der Waals surface area (Å²) in [5.74, 6) is -5.03. The molecular formula is C34H55N5O6. The predicted octanol–water partition coefficient (Wildman–Crippen LogP) is 0.880. The zero-order chi connectivity index (χ0) is 31.5. The molecule has 0 radical (unpaired) electrons. The molecule has 252 valence electrons. The standard InChI is InChI=1S/C34H55N5O6/c40-25-19-21-17-23(25)29(27(21)31(42)35-9-7-15-38-11-3-1-4-12-38)33(44)37-34(45)30-24-18-22(20-26(24)41)28(30)32(43)36-10-8-16-39-13-5-2-6-14-39/h21-30,40-41H,1-20H2,(H,35,42)(H,36,43)(H,37,44,45). The topological polar surface area (TPSA) is 151 Å². The third-order valence-electron chi connectivity index (χ3n) is 12.2. The summed E-state index contributed by atoms with van der Waals surface area (Å²) in [5, 5.41) is 30.0. The summed E-state index contributed by atoms with van der Waals surface area (Å²) in [6.07, 6.45) is 9.98. The number of rotatable bonds is 12. The first-order valence-electron chi connectivity index (χ1n) is 18.0. The van der Waals surface area contributed by atoms with Gasteiger partial charge in [0.25, 0.3) is 0 Å². The predicted molar refractivity (Wildman–Crippen MR) is 167 cm³/mol. The van der Waals surface area contributed by atoms with Crippen molar-refractivity contribution >= 4 is 23.6 Å². The number of carbonyl (C=O) groups is 4. The van der Waals surface area contributed by atoms with Gasteiger partial charge in [-0.15, -0.1) is 0 Å². The molecule has 2 aliphatic heterocycles. The molecule has 45 heavy (non-hydrogen) atoms. The molecule has 0 aromatic heterocycles. The molecule has 0 spiro atoms. The van der Waals surface area contributed by atoms with Gasteiger partial charge < -0.3 is 30.6 Å². The van der Waals surface area contributed by atoms with E-state index in [9.17, 15) is 29.4 Å². The van der Waals surface area contributed by atoms with Crippen LogP contribution in [0.3, 0.4) is 0 Å². The number of nitrogens with zero attached hydrogens (tertiary/aromatic N) is 2. The Hall–Kier alpha value is -2.08. The minimum atomic E-state index is -0.782. The van der Waals surface area contributed by atoms with E-state index in [2.05, 4.69) is 25.8 Å². The first-order chi connectivity index (χ1) is 21.8. The fourth-order valence-corrected chi connectivity index (χ4v) is 10.0. The maximum atomic E-state index is 13.7. The number of likely N-dealkylation sites (tertiary alicyclic amines) is 2. The molecule has 11 heteroatoms. The van der Waals surface area contributed by atoms with Gasteiger partial charge >= 0.3 is 0 Å². The van der Waals surface area contributed by atoms with E-state index in [1.165, 1.54) is 38.5 Å². The van der Waals surface area contributed by atoms with Gasteiger partial charge in [-0.2, -0.15) is 0 Å². The number of carbonyl (C=O) groups excluding carboxylic acids is 4. The van der Waals surface area contributed by atoms with E-state index in [-0.39, 0.29) is 35.5 Å². The van der Waals surface area contributed by atoms with Gasteiger partial charge in [0.1, 0.15) is 0 Å². The Morgan fingerprint density at radius 2 is 0.933 bits per heavy atom. The van der Waals surface area contributed by atoms with E-state index < -0.39 is 47.7 Å². The first kappa shape index (κ1) is 32.8. The Bertz CT molecular complexity index is 995. The molecule has 5 N–H and O–H groups in total. The molecule has 10 unspecified atom stereocenters. The van der Waals surface area contributed by atoms with Crippen LogP contribution in [0.25, 0.3) is 0 Å². The van der Waals surface area contributed by atoms with Gasteiger partial charge in [-0.05, 0) is 127 Å². The number of hydrogen-bond acceptors (Lipinski definition) is 8. The second-order valence-electron chi connectivity index (χ2n) is 15.0. The molecular weight excluding hydrogens is 574 g/mol. The van der Waals surface area contributed by atoms with Crippen LogP contribution in [0.2, 0.25) is 0 Å². The largest absolute Gasteiger partial charge is 0.393 e. The minimum Gasteiger partial charge on any atom is -0.393 e. The molecule has 4 aliphatic carbocycles. The smallest absolute Gasteiger partial charge is 0.230 e. The maximum Gasteiger partial charge on any atom is 0.230 e. The van der Waals surface area contributed by atoms with Crippen molar-refractivity contribution in [1.29, 1.82) is 0 Å². The Kier molecular flexibility index (Phi) is 10.8. The normalized spacial score (nSPS) is 37.9. The Balaban J connectivity index is 1.03. The lowest BCUT2D eigenvalue weighted by Gasteiger charge is -2.34. The van der Waals surface area contributed by atoms with Gasteiger partial charge in [0.15, 0.2) is 0 Å². The number of amides is 4. The molecule has 0 aromatic carbocycles. The van der Waals surface area contributed by atoms with Crippen molar-refractivity contribution in [3.8, 4) is 0 Å². The number of piperidine rings is 2. The summed E-state index contributed by atoms with van der Waals surface area (Å²) >= 11 is 0. The van der Waals surface area contributed by atoms with Crippen LogP contribution in [-0.2, 0) is 19.2 Å². The van der Waals surface area contributed by atoms with Crippen molar-refractivity contribution in [2.45, 2.75) is 89.3 Å². The number of imide groups is 1. The highest BCUT2D eigenvalue weighted by atomic mass is 16.3. The number of nitrogens with one attached hydrogen (secondary N) is 3. The van der Waals surface area contributed by atoms with Gasteiger partial charge in [-0.3, -0.25) is 24.5 Å². The third kappa shape index (κ3) is 7.26. The maximum absolute atomic E-state index is 13.7. The van der Waals surface area contributed by atoms with Crippen LogP contribution < -0.4 is 16.0 Å². The summed E-state index contributed by atoms with van der Waals surface area (Å²) in [7, 11) is 0. The highest BCUT2D eigenvalue weighted by molar-refractivity contribution is 6.01. The number of hydrogen-bond donors (Lipinski definition) is 5. The summed E-state index contributed by atoms with van der Waals surface area (Å²) in [6.45, 7) is 7.39. The van der Waals surface area contributed by atoms with Gasteiger partial charge in [-0.25, -0.2) is 0 Å². The Morgan fingerprint density at radius 1 is 0.533 bits per heavy atom. The van der Waals surface area contributed by atoms with Crippen LogP contribution in [0.1, 0.15) is 77.0 Å². The molecule has 10 atom stereocenters. The molecule has 2 saturated heterocycles. The van der Waals surface area contributed by atoms with Crippen LogP contribution in [0, 0.1) is 47.3 Å². The zero-order valence-electron chi connectivity index (χ0n) is 26.8. The Labute approximate surface area is 267 Å². The SMILES string of the molecule is O=C(NCCCN1CCCCC1)C1C2CC(O)C(C2)C1C(=O)NC(=O)C1C2CC(CC2O)C1C(=O)NCCCN1CCCCC1. The van der Waals surface area contributed by atoms with Crippen LogP contribution in [0.5, 0.6) is 0 Å². The molecule has 0 aromatic rings. The van der Waals surface area contributed by atoms with Gasteiger partial charge in [0.05, 0.1) is 35.9 Å². The van der Waals surface area contributed by atoms with Crippen molar-refractivity contribution < 1.29 is 29.4 Å². The van der Waals surface area contributed by atoms with Crippen molar-refractivity contribution in [3.63, 3.8) is 0 Å². The lowest BCUT2D eigenvalue weighted by molar-refractivity contribution is -0.147. The van der Waals surface area contributed by atoms with Crippen LogP contribution in [-0.4, -0.2) is 108 Å². The molecule has 11 nitrogen and oxygen atoms in total. The minimum absolute atomic E-state index is 0.0919. The van der Waals surface area contributed by atoms with Gasteiger partial charge in [0, 0.05) is 13.1 Å². The quantitative estimate of drug-likeness (QED) is 0.158. The van der Waals surface area contributed by atoms with E-state index in [4.69, 9.17) is 0 Å². The van der Waals surface area contributed by atoms with Crippen molar-refractivity contribution in [3.05, 3.63) is 0 Å². The third-order valence-corrected chi connectivity index (χ3v) is 12.2. The lowest BCUT2D eigenvalue weighted by atomic mass is 9.75. The second kappa shape index (κ2) is 14.8. The first-order valence-corrected chi connectivity index (χ1v) is 18.0. The summed E-state index contributed by atoms with van der Waals surface area (Å²) < 4.78 is 0. The fraction of sp³-hybridized carbons (Fsp3) is 0.882. The monoisotopic (exact) mass is 629 g/mol. The van der Waals surface area contributed by atoms with Crippen LogP contribution in [0.4, 0.5) is 0 Å². The summed E-state index contributed by atoms with van der Waals surface area (Å²) in [4.78, 5) is 59.1. The van der Waals surface area contributed by atoms with E-state index in [1.807, 2.05) is 0 Å². The van der Waals surface area contributed by atoms with E-state index in [1.54, 1.807) is 0 Å². The summed E-state index contributed by atoms with van der Waals surface area (Å²) in [5.41, 5.74) is 0. The molecule has 6 fully saturated rings. The van der Waals surface area contributed by atoms with Crippen molar-refractivity contribution in [2.75, 3.05) is 52.4 Å². The second-order valence-corrected chi connectivity index (χ2v) is 15.0. The highest BCUT2D eigenvalue weighted by Gasteiger charge is 2.60. The fourth-order valence-electron chi connectivity index (χ4n) is 10.0. The van der Waals surface area contributed by atoms with Gasteiger partial charge in [0.2, 0.25) is 23.6 Å². The highest BCUT2D eigenvalue weighted by Crippen LogP contribution is 2.54. The molecule has 4 saturated carbocycles. The molecule has 4 bridgehead atoms. The zero-order valence-corrected chi connectivity index (χ0v) is 26.8. The molecule has 6 rings (SSSR count). The van der Waals surface area contributed by atoms with Gasteiger partial charge in [-0.1, -0.05) is 12.8 Å². The Morgan fingerprint density at radius 3 is 1.33 bits per heavy atom. The average Bonchev–Trinajstić information content (AvgIpc) is 3.81. The summed E-state index contributed by atoms with van der Waals surface area (Å²) in [6, 6.07) is 0.